The molecular formula is C10H15N3O. The summed E-state index contributed by atoms with van der Waals surface area (Å²) in [6, 6.07) is 2.42. The average Bonchev–Trinajstić information content (AvgIpc) is 2.97. The second kappa shape index (κ2) is 3.82. The highest BCUT2D eigenvalue weighted by atomic mass is 16.5. The first kappa shape index (κ1) is 9.24. The van der Waals surface area contributed by atoms with Gasteiger partial charge in [-0.25, -0.2) is 9.97 Å². The van der Waals surface area contributed by atoms with Crippen molar-refractivity contribution in [3.63, 3.8) is 0 Å². The number of nitrogens with one attached hydrogen (secondary N) is 1. The summed E-state index contributed by atoms with van der Waals surface area (Å²) in [6.45, 7) is 2.22. The van der Waals surface area contributed by atoms with Crippen molar-refractivity contribution in [3.8, 4) is 5.88 Å². The highest BCUT2D eigenvalue weighted by Gasteiger charge is 2.35. The first-order chi connectivity index (χ1) is 6.83. The lowest BCUT2D eigenvalue weighted by molar-refractivity contribution is 0.397. The first-order valence-corrected chi connectivity index (χ1v) is 4.96. The molecule has 0 radical (unpaired) electrons. The Kier molecular flexibility index (Phi) is 2.52. The molecule has 0 spiro atoms. The van der Waals surface area contributed by atoms with Crippen molar-refractivity contribution in [1.82, 2.24) is 9.97 Å². The van der Waals surface area contributed by atoms with E-state index >= 15 is 0 Å². The Morgan fingerprint density at radius 1 is 1.57 bits per heavy atom. The first-order valence-electron chi connectivity index (χ1n) is 4.96. The molecule has 4 heteroatoms. The molecule has 0 saturated heterocycles. The molecule has 2 rings (SSSR count). The largest absolute Gasteiger partial charge is 0.481 e. The van der Waals surface area contributed by atoms with Crippen LogP contribution in [0.3, 0.4) is 0 Å². The lowest BCUT2D eigenvalue weighted by atomic mass is 10.3. The number of rotatable bonds is 4. The minimum atomic E-state index is 0.597. The number of ether oxygens (including phenoxy) is 1. The van der Waals surface area contributed by atoms with Crippen molar-refractivity contribution in [2.45, 2.75) is 25.8 Å². The Hall–Kier alpha value is -1.32. The van der Waals surface area contributed by atoms with E-state index in [-0.39, 0.29) is 0 Å². The zero-order valence-electron chi connectivity index (χ0n) is 8.53. The number of nitrogens with zero attached hydrogens (tertiary/aromatic N) is 2. The second-order valence-corrected chi connectivity index (χ2v) is 3.60. The van der Waals surface area contributed by atoms with Crippen molar-refractivity contribution in [3.05, 3.63) is 12.4 Å². The third kappa shape index (κ3) is 1.95. The van der Waals surface area contributed by atoms with Crippen LogP contribution in [0.15, 0.2) is 12.4 Å². The molecule has 0 aliphatic heterocycles. The van der Waals surface area contributed by atoms with Gasteiger partial charge in [-0.15, -0.1) is 0 Å². The maximum absolute atomic E-state index is 5.02. The van der Waals surface area contributed by atoms with Crippen LogP contribution < -0.4 is 10.1 Å². The van der Waals surface area contributed by atoms with E-state index in [1.807, 2.05) is 6.07 Å². The fourth-order valence-electron chi connectivity index (χ4n) is 1.60. The molecule has 1 aliphatic carbocycles. The summed E-state index contributed by atoms with van der Waals surface area (Å²) in [5.41, 5.74) is 0. The maximum Gasteiger partial charge on any atom is 0.218 e. The number of hydrogen-bond acceptors (Lipinski definition) is 4. The van der Waals surface area contributed by atoms with Crippen molar-refractivity contribution in [1.29, 1.82) is 0 Å². The molecule has 1 N–H and O–H groups in total. The van der Waals surface area contributed by atoms with Gasteiger partial charge in [0.2, 0.25) is 5.88 Å². The Morgan fingerprint density at radius 3 is 3.07 bits per heavy atom. The van der Waals surface area contributed by atoms with Gasteiger partial charge in [0.15, 0.2) is 0 Å². The molecule has 2 unspecified atom stereocenters. The van der Waals surface area contributed by atoms with Gasteiger partial charge in [0.1, 0.15) is 12.1 Å². The molecule has 1 aromatic heterocycles. The Balaban J connectivity index is 1.96. The molecule has 1 fully saturated rings. The van der Waals surface area contributed by atoms with Crippen LogP contribution in [0.5, 0.6) is 5.88 Å². The van der Waals surface area contributed by atoms with Gasteiger partial charge in [0.25, 0.3) is 0 Å². The van der Waals surface area contributed by atoms with Gasteiger partial charge in [0, 0.05) is 12.1 Å². The predicted octanol–water partition coefficient (Wildman–Crippen LogP) is 1.70. The zero-order chi connectivity index (χ0) is 9.97. The topological polar surface area (TPSA) is 47.0 Å². The van der Waals surface area contributed by atoms with E-state index in [0.717, 1.165) is 11.7 Å². The van der Waals surface area contributed by atoms with E-state index in [2.05, 4.69) is 22.2 Å². The molecule has 2 atom stereocenters. The van der Waals surface area contributed by atoms with E-state index in [1.54, 1.807) is 7.11 Å². The van der Waals surface area contributed by atoms with E-state index in [9.17, 15) is 0 Å². The lowest BCUT2D eigenvalue weighted by Crippen LogP contribution is -2.06. The van der Waals surface area contributed by atoms with Gasteiger partial charge in [-0.2, -0.15) is 0 Å². The van der Waals surface area contributed by atoms with E-state index in [0.29, 0.717) is 11.9 Å². The Labute approximate surface area is 83.7 Å². The van der Waals surface area contributed by atoms with Crippen LogP contribution in [0.1, 0.15) is 19.8 Å². The standard InChI is InChI=1S/C10H15N3O/c1-3-7-4-8(7)13-9-5-10(14-2)12-6-11-9/h5-8H,3-4H2,1-2H3,(H,11,12,13). The molecule has 76 valence electrons. The molecular weight excluding hydrogens is 178 g/mol. The van der Waals surface area contributed by atoms with Crippen LogP contribution in [0.2, 0.25) is 0 Å². The monoisotopic (exact) mass is 193 g/mol. The maximum atomic E-state index is 5.02. The normalized spacial score (nSPS) is 24.4. The van der Waals surface area contributed by atoms with E-state index in [4.69, 9.17) is 4.74 Å². The van der Waals surface area contributed by atoms with Crippen LogP contribution in [0.4, 0.5) is 5.82 Å². The SMILES string of the molecule is CCC1CC1Nc1cc(OC)ncn1. The molecule has 0 amide bonds. The molecule has 1 aromatic rings. The smallest absolute Gasteiger partial charge is 0.218 e. The molecule has 0 bridgehead atoms. The highest BCUT2D eigenvalue weighted by Crippen LogP contribution is 2.35. The Bertz CT molecular complexity index is 316. The fraction of sp³-hybridized carbons (Fsp3) is 0.600. The summed E-state index contributed by atoms with van der Waals surface area (Å²) < 4.78 is 5.02. The molecule has 1 aliphatic rings. The minimum absolute atomic E-state index is 0.597. The Morgan fingerprint density at radius 2 is 2.43 bits per heavy atom. The quantitative estimate of drug-likeness (QED) is 0.790. The number of aromatic nitrogens is 2. The highest BCUT2D eigenvalue weighted by molar-refractivity contribution is 5.39. The van der Waals surface area contributed by atoms with E-state index in [1.165, 1.54) is 19.2 Å². The van der Waals surface area contributed by atoms with Gasteiger partial charge in [-0.3, -0.25) is 0 Å². The number of anilines is 1. The van der Waals surface area contributed by atoms with Gasteiger partial charge < -0.3 is 10.1 Å². The second-order valence-electron chi connectivity index (χ2n) is 3.60. The van der Waals surface area contributed by atoms with E-state index < -0.39 is 0 Å². The molecule has 1 saturated carbocycles. The van der Waals surface area contributed by atoms with Gasteiger partial charge in [-0.1, -0.05) is 13.3 Å². The summed E-state index contributed by atoms with van der Waals surface area (Å²) in [5.74, 6) is 2.28. The molecule has 4 nitrogen and oxygen atoms in total. The molecule has 14 heavy (non-hydrogen) atoms. The minimum Gasteiger partial charge on any atom is -0.481 e. The van der Waals surface area contributed by atoms with Crippen LogP contribution in [-0.2, 0) is 0 Å². The number of methoxy groups -OCH3 is 1. The van der Waals surface area contributed by atoms with Crippen LogP contribution in [0.25, 0.3) is 0 Å². The van der Waals surface area contributed by atoms with Crippen molar-refractivity contribution in [2.24, 2.45) is 5.92 Å². The van der Waals surface area contributed by atoms with Crippen LogP contribution >= 0.6 is 0 Å². The zero-order valence-corrected chi connectivity index (χ0v) is 8.53. The molecule has 0 aromatic carbocycles. The lowest BCUT2D eigenvalue weighted by Gasteiger charge is -2.04. The summed E-state index contributed by atoms with van der Waals surface area (Å²) in [5, 5.41) is 3.36. The third-order valence-electron chi connectivity index (χ3n) is 2.63. The van der Waals surface area contributed by atoms with Gasteiger partial charge >= 0.3 is 0 Å². The van der Waals surface area contributed by atoms with Crippen LogP contribution in [0, 0.1) is 5.92 Å². The summed E-state index contributed by atoms with van der Waals surface area (Å²) >= 11 is 0. The summed E-state index contributed by atoms with van der Waals surface area (Å²) in [4.78, 5) is 8.09. The van der Waals surface area contributed by atoms with Gasteiger partial charge in [0.05, 0.1) is 7.11 Å². The average molecular weight is 193 g/mol. The van der Waals surface area contributed by atoms with Crippen molar-refractivity contribution in [2.75, 3.05) is 12.4 Å². The van der Waals surface area contributed by atoms with Crippen molar-refractivity contribution < 1.29 is 4.74 Å². The summed E-state index contributed by atoms with van der Waals surface area (Å²) in [7, 11) is 1.61. The number of hydrogen-bond donors (Lipinski definition) is 1. The summed E-state index contributed by atoms with van der Waals surface area (Å²) in [6.07, 6.45) is 4.01. The predicted molar refractivity (Wildman–Crippen MR) is 54.4 cm³/mol. The van der Waals surface area contributed by atoms with Crippen LogP contribution in [-0.4, -0.2) is 23.1 Å². The molecule has 1 heterocycles. The van der Waals surface area contributed by atoms with Gasteiger partial charge in [-0.05, 0) is 12.3 Å². The third-order valence-corrected chi connectivity index (χ3v) is 2.63. The van der Waals surface area contributed by atoms with Crippen molar-refractivity contribution >= 4 is 5.82 Å². The fourth-order valence-corrected chi connectivity index (χ4v) is 1.60.